The number of benzene rings is 1. The van der Waals surface area contributed by atoms with E-state index in [4.69, 9.17) is 21.1 Å². The van der Waals surface area contributed by atoms with E-state index in [1.807, 2.05) is 6.92 Å². The zero-order valence-corrected chi connectivity index (χ0v) is 18.0. The normalized spacial score (nSPS) is 22.7. The van der Waals surface area contributed by atoms with Crippen LogP contribution in [0.25, 0.3) is 10.9 Å². The van der Waals surface area contributed by atoms with Gasteiger partial charge in [-0.25, -0.2) is 19.4 Å². The van der Waals surface area contributed by atoms with Gasteiger partial charge < -0.3 is 20.1 Å². The van der Waals surface area contributed by atoms with Gasteiger partial charge in [0.2, 0.25) is 5.91 Å². The van der Waals surface area contributed by atoms with Crippen LogP contribution in [0.3, 0.4) is 0 Å². The molecule has 0 radical (unpaired) electrons. The summed E-state index contributed by atoms with van der Waals surface area (Å²) in [6.45, 7) is 2.67. The highest BCUT2D eigenvalue weighted by Crippen LogP contribution is 2.37. The molecule has 164 valence electrons. The van der Waals surface area contributed by atoms with Crippen molar-refractivity contribution >= 4 is 39.9 Å². The van der Waals surface area contributed by atoms with Gasteiger partial charge in [-0.15, -0.1) is 0 Å². The van der Waals surface area contributed by atoms with Gasteiger partial charge in [0.15, 0.2) is 5.82 Å². The van der Waals surface area contributed by atoms with Crippen molar-refractivity contribution in [1.82, 2.24) is 20.6 Å². The Bertz CT molecular complexity index is 1070. The van der Waals surface area contributed by atoms with Gasteiger partial charge in [0.25, 0.3) is 0 Å². The highest BCUT2D eigenvalue weighted by molar-refractivity contribution is 6.44. The summed E-state index contributed by atoms with van der Waals surface area (Å²) >= 11 is 6.36. The Morgan fingerprint density at radius 2 is 2.16 bits per heavy atom. The summed E-state index contributed by atoms with van der Waals surface area (Å²) in [5, 5.41) is 6.59. The van der Waals surface area contributed by atoms with E-state index in [0.717, 1.165) is 0 Å². The lowest BCUT2D eigenvalue weighted by Crippen LogP contribution is -2.44. The van der Waals surface area contributed by atoms with Crippen LogP contribution >= 0.6 is 11.6 Å². The second-order valence-corrected chi connectivity index (χ2v) is 7.83. The molecule has 8 nitrogen and oxygen atoms in total. The molecule has 0 fully saturated rings. The number of halogens is 2. The number of amides is 1. The second kappa shape index (κ2) is 9.15. The number of methoxy groups -OCH3 is 1. The first-order valence-corrected chi connectivity index (χ1v) is 10.4. The Labute approximate surface area is 183 Å². The first-order chi connectivity index (χ1) is 15.0. The molecule has 1 amide bonds. The molecule has 31 heavy (non-hydrogen) atoms. The topological polar surface area (TPSA) is 97.7 Å². The number of aliphatic imine (C=N–C) groups is 1. The maximum Gasteiger partial charge on any atom is 0.234 e. The Kier molecular flexibility index (Phi) is 6.33. The SMILES string of the molecule is COc1cc2cc3c(ncnc13)N=C1C(Cl)=C(F)CCC1C(C)NCC(=O)NCCO2. The van der Waals surface area contributed by atoms with E-state index in [0.29, 0.717) is 46.9 Å². The molecule has 2 aliphatic rings. The van der Waals surface area contributed by atoms with Crippen LogP contribution in [0, 0.1) is 5.92 Å². The smallest absolute Gasteiger partial charge is 0.234 e. The number of aromatic nitrogens is 2. The number of ether oxygens (including phenoxy) is 2. The summed E-state index contributed by atoms with van der Waals surface area (Å²) in [6.07, 6.45) is 2.11. The summed E-state index contributed by atoms with van der Waals surface area (Å²) in [5.74, 6) is 0.597. The maximum atomic E-state index is 14.4. The molecule has 10 heteroatoms. The van der Waals surface area contributed by atoms with E-state index < -0.39 is 5.83 Å². The summed E-state index contributed by atoms with van der Waals surface area (Å²) in [5.41, 5.74) is 0.951. The fourth-order valence-electron chi connectivity index (χ4n) is 3.81. The molecule has 2 bridgehead atoms. The van der Waals surface area contributed by atoms with Crippen LogP contribution < -0.4 is 20.1 Å². The fourth-order valence-corrected chi connectivity index (χ4v) is 4.08. The molecule has 2 unspecified atom stereocenters. The minimum absolute atomic E-state index is 0.00944. The zero-order chi connectivity index (χ0) is 22.0. The van der Waals surface area contributed by atoms with E-state index in [-0.39, 0.29) is 42.5 Å². The van der Waals surface area contributed by atoms with Gasteiger partial charge in [0.1, 0.15) is 35.8 Å². The van der Waals surface area contributed by atoms with Gasteiger partial charge in [-0.2, -0.15) is 0 Å². The lowest BCUT2D eigenvalue weighted by atomic mass is 9.85. The summed E-state index contributed by atoms with van der Waals surface area (Å²) in [6, 6.07) is 3.31. The van der Waals surface area contributed by atoms with Crippen molar-refractivity contribution < 1.29 is 18.7 Å². The average Bonchev–Trinajstić information content (AvgIpc) is 2.77. The van der Waals surface area contributed by atoms with E-state index in [1.54, 1.807) is 12.1 Å². The zero-order valence-electron chi connectivity index (χ0n) is 17.2. The van der Waals surface area contributed by atoms with Crippen LogP contribution in [0.5, 0.6) is 11.5 Å². The molecule has 0 spiro atoms. The lowest BCUT2D eigenvalue weighted by Gasteiger charge is -2.29. The Balaban J connectivity index is 1.90. The quantitative estimate of drug-likeness (QED) is 0.697. The molecule has 0 saturated carbocycles. The predicted octanol–water partition coefficient (Wildman–Crippen LogP) is 3.03. The maximum absolute atomic E-state index is 14.4. The highest BCUT2D eigenvalue weighted by Gasteiger charge is 2.32. The van der Waals surface area contributed by atoms with Crippen molar-refractivity contribution in [2.45, 2.75) is 25.8 Å². The molecule has 1 aromatic carbocycles. The molecule has 2 atom stereocenters. The van der Waals surface area contributed by atoms with E-state index in [2.05, 4.69) is 25.6 Å². The largest absolute Gasteiger partial charge is 0.494 e. The Hall–Kier alpha value is -2.78. The first kappa shape index (κ1) is 21.5. The van der Waals surface area contributed by atoms with Crippen molar-refractivity contribution in [3.63, 3.8) is 0 Å². The third kappa shape index (κ3) is 4.47. The van der Waals surface area contributed by atoms with Gasteiger partial charge in [0, 0.05) is 24.4 Å². The van der Waals surface area contributed by atoms with Crippen molar-refractivity contribution in [3.05, 3.63) is 29.3 Å². The van der Waals surface area contributed by atoms with Crippen LogP contribution in [0.1, 0.15) is 19.8 Å². The standard InChI is InChI=1S/C21H23ClFN5O3/c1-11-13-3-4-15(23)18(22)20(13)28-21-14-7-12(31-6-5-24-17(29)9-25-11)8-16(30-2)19(14)26-10-27-21/h7-8,10-11,13,25H,3-6,9H2,1-2H3,(H,24,29). The van der Waals surface area contributed by atoms with E-state index >= 15 is 0 Å². The van der Waals surface area contributed by atoms with Crippen molar-refractivity contribution in [3.8, 4) is 11.5 Å². The van der Waals surface area contributed by atoms with Crippen molar-refractivity contribution in [2.24, 2.45) is 10.9 Å². The molecule has 0 saturated heterocycles. The van der Waals surface area contributed by atoms with Gasteiger partial charge in [-0.05, 0) is 19.4 Å². The fraction of sp³-hybridized carbons (Fsp3) is 0.429. The molecular weight excluding hydrogens is 425 g/mol. The predicted molar refractivity (Wildman–Crippen MR) is 116 cm³/mol. The first-order valence-electron chi connectivity index (χ1n) is 10.1. The van der Waals surface area contributed by atoms with Gasteiger partial charge >= 0.3 is 0 Å². The summed E-state index contributed by atoms with van der Waals surface area (Å²) < 4.78 is 25.7. The number of allylic oxidation sites excluding steroid dienone is 2. The minimum Gasteiger partial charge on any atom is -0.494 e. The number of fused-ring (bicyclic) bond motifs is 2. The number of carbonyl (C=O) groups excluding carboxylic acids is 1. The van der Waals surface area contributed by atoms with E-state index in [9.17, 15) is 9.18 Å². The molecule has 1 aliphatic carbocycles. The molecule has 4 rings (SSSR count). The molecule has 2 heterocycles. The minimum atomic E-state index is -0.403. The van der Waals surface area contributed by atoms with Crippen molar-refractivity contribution in [2.75, 3.05) is 26.8 Å². The number of nitrogens with zero attached hydrogens (tertiary/aromatic N) is 3. The van der Waals surface area contributed by atoms with Crippen LogP contribution in [-0.2, 0) is 4.79 Å². The highest BCUT2D eigenvalue weighted by atomic mass is 35.5. The third-order valence-corrected chi connectivity index (χ3v) is 5.87. The number of rotatable bonds is 1. The average molecular weight is 448 g/mol. The number of hydrogen-bond acceptors (Lipinski definition) is 7. The summed E-state index contributed by atoms with van der Waals surface area (Å²) in [7, 11) is 1.54. The van der Waals surface area contributed by atoms with Crippen LogP contribution in [0.4, 0.5) is 10.2 Å². The van der Waals surface area contributed by atoms with Crippen LogP contribution in [-0.4, -0.2) is 54.4 Å². The monoisotopic (exact) mass is 447 g/mol. The van der Waals surface area contributed by atoms with Gasteiger partial charge in [-0.1, -0.05) is 11.6 Å². The molecule has 2 aromatic rings. The number of nitrogens with one attached hydrogen (secondary N) is 2. The van der Waals surface area contributed by atoms with Gasteiger partial charge in [-0.3, -0.25) is 4.79 Å². The molecule has 2 N–H and O–H groups in total. The molecule has 1 aromatic heterocycles. The number of hydrogen-bond donors (Lipinski definition) is 2. The van der Waals surface area contributed by atoms with Crippen molar-refractivity contribution in [1.29, 1.82) is 0 Å². The van der Waals surface area contributed by atoms with Crippen LogP contribution in [0.2, 0.25) is 0 Å². The lowest BCUT2D eigenvalue weighted by molar-refractivity contribution is -0.120. The van der Waals surface area contributed by atoms with E-state index in [1.165, 1.54) is 13.4 Å². The third-order valence-electron chi connectivity index (χ3n) is 5.47. The van der Waals surface area contributed by atoms with Crippen LogP contribution in [0.15, 0.2) is 34.3 Å². The Morgan fingerprint density at radius 1 is 1.32 bits per heavy atom. The Morgan fingerprint density at radius 3 is 2.97 bits per heavy atom. The molecular formula is C21H23ClFN5O3. The summed E-state index contributed by atoms with van der Waals surface area (Å²) in [4.78, 5) is 25.5. The van der Waals surface area contributed by atoms with Gasteiger partial charge in [0.05, 0.1) is 36.3 Å². The molecule has 1 aliphatic heterocycles. The number of carbonyl (C=O) groups is 1. The second-order valence-electron chi connectivity index (χ2n) is 7.45.